The molecular formula is C35H44N6O5. The summed E-state index contributed by atoms with van der Waals surface area (Å²) >= 11 is 0. The molecule has 2 aromatic carbocycles. The number of hydrogen-bond donors (Lipinski definition) is 2. The molecule has 11 heteroatoms. The molecule has 11 nitrogen and oxygen atoms in total. The lowest BCUT2D eigenvalue weighted by Gasteiger charge is -2.30. The molecule has 0 spiro atoms. The van der Waals surface area contributed by atoms with Gasteiger partial charge in [0, 0.05) is 23.6 Å². The monoisotopic (exact) mass is 628 g/mol. The van der Waals surface area contributed by atoms with Crippen LogP contribution in [0, 0.1) is 0 Å². The minimum atomic E-state index is -0.938. The zero-order valence-electron chi connectivity index (χ0n) is 27.5. The number of aromatic nitrogens is 6. The van der Waals surface area contributed by atoms with Gasteiger partial charge >= 0.3 is 5.76 Å². The highest BCUT2D eigenvalue weighted by molar-refractivity contribution is 5.80. The van der Waals surface area contributed by atoms with Gasteiger partial charge in [0.05, 0.1) is 23.5 Å². The SMILES string of the molecule is CCCc1c(Cc2ccc(-c3ccccc3-c3noc(=O)[nH]3)cc2)c(=O)n([C@@H](C)CC[C@H](CC)OC(C)C(C)(C)O)c2ncnn12. The molecule has 1 unspecified atom stereocenters. The van der Waals surface area contributed by atoms with Crippen LogP contribution in [0.5, 0.6) is 0 Å². The van der Waals surface area contributed by atoms with Crippen molar-refractivity contribution >= 4 is 5.78 Å². The summed E-state index contributed by atoms with van der Waals surface area (Å²) in [5.41, 5.74) is 4.18. The van der Waals surface area contributed by atoms with Gasteiger partial charge in [-0.3, -0.25) is 18.9 Å². The van der Waals surface area contributed by atoms with Crippen LogP contribution >= 0.6 is 0 Å². The van der Waals surface area contributed by atoms with E-state index in [1.54, 1.807) is 18.4 Å². The Morgan fingerprint density at radius 1 is 1.02 bits per heavy atom. The second-order valence-corrected chi connectivity index (χ2v) is 12.6. The number of nitrogens with zero attached hydrogens (tertiary/aromatic N) is 5. The van der Waals surface area contributed by atoms with E-state index in [9.17, 15) is 14.7 Å². The van der Waals surface area contributed by atoms with Crippen LogP contribution in [0.3, 0.4) is 0 Å². The first-order valence-corrected chi connectivity index (χ1v) is 16.1. The third-order valence-corrected chi connectivity index (χ3v) is 8.78. The van der Waals surface area contributed by atoms with Crippen molar-refractivity contribution in [2.24, 2.45) is 0 Å². The van der Waals surface area contributed by atoms with Gasteiger partial charge in [-0.1, -0.05) is 74.0 Å². The van der Waals surface area contributed by atoms with E-state index in [1.165, 1.54) is 6.33 Å². The highest BCUT2D eigenvalue weighted by atomic mass is 16.5. The number of hydrogen-bond acceptors (Lipinski definition) is 8. The van der Waals surface area contributed by atoms with Crippen LogP contribution in [0.25, 0.3) is 28.3 Å². The molecule has 3 aromatic heterocycles. The highest BCUT2D eigenvalue weighted by Crippen LogP contribution is 2.30. The molecule has 3 heterocycles. The summed E-state index contributed by atoms with van der Waals surface area (Å²) in [6.45, 7) is 11.6. The second-order valence-electron chi connectivity index (χ2n) is 12.6. The van der Waals surface area contributed by atoms with Crippen LogP contribution < -0.4 is 11.3 Å². The summed E-state index contributed by atoms with van der Waals surface area (Å²) in [5, 5.41) is 18.8. The largest absolute Gasteiger partial charge is 0.439 e. The van der Waals surface area contributed by atoms with Gasteiger partial charge in [0.1, 0.15) is 6.33 Å². The lowest BCUT2D eigenvalue weighted by Crippen LogP contribution is -2.38. The second kappa shape index (κ2) is 14.0. The Bertz CT molecular complexity index is 1880. The molecule has 0 aliphatic heterocycles. The topological polar surface area (TPSA) is 141 Å². The van der Waals surface area contributed by atoms with Crippen molar-refractivity contribution in [3.05, 3.63) is 92.6 Å². The first kappa shape index (κ1) is 33.0. The van der Waals surface area contributed by atoms with Crippen molar-refractivity contribution in [2.75, 3.05) is 0 Å². The van der Waals surface area contributed by atoms with Gasteiger partial charge in [0.2, 0.25) is 5.78 Å². The van der Waals surface area contributed by atoms with Gasteiger partial charge in [-0.25, -0.2) is 9.31 Å². The van der Waals surface area contributed by atoms with Gasteiger partial charge in [0.25, 0.3) is 5.56 Å². The van der Waals surface area contributed by atoms with Crippen LogP contribution in [0.4, 0.5) is 0 Å². The molecule has 0 amide bonds. The first-order chi connectivity index (χ1) is 22.0. The fourth-order valence-corrected chi connectivity index (χ4v) is 5.82. The number of aryl methyl sites for hydroxylation is 1. The lowest BCUT2D eigenvalue weighted by atomic mass is 9.96. The van der Waals surface area contributed by atoms with Gasteiger partial charge < -0.3 is 9.84 Å². The minimum Gasteiger partial charge on any atom is -0.388 e. The Morgan fingerprint density at radius 3 is 2.37 bits per heavy atom. The Morgan fingerprint density at radius 2 is 1.74 bits per heavy atom. The molecule has 0 radical (unpaired) electrons. The quantitative estimate of drug-likeness (QED) is 0.159. The summed E-state index contributed by atoms with van der Waals surface area (Å²) in [5.74, 6) is 0.306. The first-order valence-electron chi connectivity index (χ1n) is 16.1. The van der Waals surface area contributed by atoms with Crippen molar-refractivity contribution in [3.63, 3.8) is 0 Å². The van der Waals surface area contributed by atoms with Gasteiger partial charge in [-0.15, -0.1) is 0 Å². The molecular weight excluding hydrogens is 584 g/mol. The Kier molecular flexibility index (Phi) is 10.0. The lowest BCUT2D eigenvalue weighted by molar-refractivity contribution is -0.112. The predicted octanol–water partition coefficient (Wildman–Crippen LogP) is 5.74. The number of aromatic amines is 1. The zero-order chi connectivity index (χ0) is 33.0. The number of ether oxygens (including phenoxy) is 1. The minimum absolute atomic E-state index is 0.0412. The van der Waals surface area contributed by atoms with Crippen LogP contribution in [0.1, 0.15) is 90.1 Å². The van der Waals surface area contributed by atoms with E-state index in [-0.39, 0.29) is 23.8 Å². The van der Waals surface area contributed by atoms with Crippen LogP contribution in [-0.2, 0) is 17.6 Å². The van der Waals surface area contributed by atoms with E-state index in [0.717, 1.165) is 47.2 Å². The van der Waals surface area contributed by atoms with Crippen molar-refractivity contribution in [1.82, 2.24) is 29.3 Å². The summed E-state index contributed by atoms with van der Waals surface area (Å²) in [6.07, 6.45) is 5.40. The Labute approximate surface area is 268 Å². The maximum Gasteiger partial charge on any atom is 0.439 e. The average molecular weight is 629 g/mol. The van der Waals surface area contributed by atoms with E-state index in [0.29, 0.717) is 36.4 Å². The molecule has 0 aliphatic rings. The fraction of sp³-hybridized carbons (Fsp3) is 0.457. The third-order valence-electron chi connectivity index (χ3n) is 8.78. The maximum absolute atomic E-state index is 14.3. The average Bonchev–Trinajstić information content (AvgIpc) is 3.70. The van der Waals surface area contributed by atoms with Crippen molar-refractivity contribution in [2.45, 2.75) is 104 Å². The van der Waals surface area contributed by atoms with Crippen LogP contribution in [0.15, 0.2) is 69.0 Å². The molecule has 5 rings (SSSR count). The van der Waals surface area contributed by atoms with E-state index in [4.69, 9.17) is 9.26 Å². The molecule has 0 aliphatic carbocycles. The van der Waals surface area contributed by atoms with E-state index >= 15 is 0 Å². The standard InChI is InChI=1S/C35H44N6O5/c1-7-11-30-29(20-24-15-17-25(18-16-24)27-12-9-10-13-28(27)31-38-34(43)46-39-31)32(42)40(33-36-21-37-41(30)33)22(3)14-19-26(8-2)45-23(4)35(5,6)44/h9-10,12-13,15-18,21-23,26,44H,7-8,11,14,19-20H2,1-6H3,(H,38,39,43)/t22-,23?,26-/m0/s1. The number of benzene rings is 2. The van der Waals surface area contributed by atoms with E-state index in [2.05, 4.69) is 34.1 Å². The molecule has 244 valence electrons. The van der Waals surface area contributed by atoms with Crippen molar-refractivity contribution < 1.29 is 14.4 Å². The smallest absolute Gasteiger partial charge is 0.388 e. The van der Waals surface area contributed by atoms with Crippen molar-refractivity contribution in [1.29, 1.82) is 0 Å². The number of nitrogens with one attached hydrogen (secondary N) is 1. The summed E-state index contributed by atoms with van der Waals surface area (Å²) < 4.78 is 14.5. The predicted molar refractivity (Wildman–Crippen MR) is 177 cm³/mol. The Balaban J connectivity index is 1.45. The zero-order valence-corrected chi connectivity index (χ0v) is 27.5. The molecule has 3 atom stereocenters. The molecule has 0 saturated heterocycles. The maximum atomic E-state index is 14.3. The number of H-pyrrole nitrogens is 1. The number of aliphatic hydroxyl groups is 1. The Hall–Kier alpha value is -4.35. The van der Waals surface area contributed by atoms with E-state index < -0.39 is 11.4 Å². The molecule has 0 fully saturated rings. The molecule has 0 saturated carbocycles. The molecule has 5 aromatic rings. The van der Waals surface area contributed by atoms with Crippen LogP contribution in [0.2, 0.25) is 0 Å². The summed E-state index contributed by atoms with van der Waals surface area (Å²) in [4.78, 5) is 33.0. The number of rotatable bonds is 14. The fourth-order valence-electron chi connectivity index (χ4n) is 5.82. The molecule has 46 heavy (non-hydrogen) atoms. The molecule has 2 N–H and O–H groups in total. The van der Waals surface area contributed by atoms with Gasteiger partial charge in [-0.05, 0) is 70.1 Å². The van der Waals surface area contributed by atoms with Gasteiger partial charge in [0.15, 0.2) is 5.82 Å². The number of fused-ring (bicyclic) bond motifs is 1. The third kappa shape index (κ3) is 7.05. The molecule has 0 bridgehead atoms. The van der Waals surface area contributed by atoms with Gasteiger partial charge in [-0.2, -0.15) is 10.1 Å². The van der Waals surface area contributed by atoms with Crippen molar-refractivity contribution in [3.8, 4) is 22.5 Å². The summed E-state index contributed by atoms with van der Waals surface area (Å²) in [7, 11) is 0. The van der Waals surface area contributed by atoms with E-state index in [1.807, 2.05) is 66.9 Å². The normalized spacial score (nSPS) is 14.1. The highest BCUT2D eigenvalue weighted by Gasteiger charge is 2.27. The van der Waals surface area contributed by atoms with Crippen LogP contribution in [-0.4, -0.2) is 52.2 Å². The summed E-state index contributed by atoms with van der Waals surface area (Å²) in [6, 6.07) is 15.6.